The van der Waals surface area contributed by atoms with Gasteiger partial charge in [-0.05, 0) is 30.3 Å². The van der Waals surface area contributed by atoms with Crippen molar-refractivity contribution >= 4 is 39.9 Å². The number of rotatable bonds is 3. The third-order valence-corrected chi connectivity index (χ3v) is 4.51. The largest absolute Gasteiger partial charge is 0.453 e. The maximum Gasteiger partial charge on any atom is 0.413 e. The molecule has 31 heavy (non-hydrogen) atoms. The lowest BCUT2D eigenvalue weighted by Crippen LogP contribution is -2.11. The Labute approximate surface area is 177 Å². The number of carbonyl (C=O) groups excluding carboxylic acids is 2. The standard InChI is InChI=1S/C16H13N3O3.C7H6N2/c1-22-16(21)19-15-17-12-8-7-11(9-13(12)18-15)14(20)10-5-3-2-4-6-10;1-2-4-7-6(3-1)8-5-9-7/h2-9H,1H3,(H2,17,18,19,21);1-5H,(H,8,9). The summed E-state index contributed by atoms with van der Waals surface area (Å²) < 4.78 is 4.51. The molecule has 0 saturated carbocycles. The van der Waals surface area contributed by atoms with Crippen molar-refractivity contribution in [1.29, 1.82) is 0 Å². The van der Waals surface area contributed by atoms with Crippen LogP contribution in [0.1, 0.15) is 15.9 Å². The Morgan fingerprint density at radius 1 is 0.871 bits per heavy atom. The van der Waals surface area contributed by atoms with Gasteiger partial charge in [0.25, 0.3) is 0 Å². The number of imidazole rings is 2. The number of amides is 1. The molecule has 5 rings (SSSR count). The molecule has 8 nitrogen and oxygen atoms in total. The quantitative estimate of drug-likeness (QED) is 0.376. The fourth-order valence-electron chi connectivity index (χ4n) is 2.99. The van der Waals surface area contributed by atoms with Gasteiger partial charge in [0.05, 0.1) is 35.5 Å². The minimum Gasteiger partial charge on any atom is -0.453 e. The van der Waals surface area contributed by atoms with Crippen molar-refractivity contribution in [3.63, 3.8) is 0 Å². The number of H-pyrrole nitrogens is 2. The van der Waals surface area contributed by atoms with Crippen LogP contribution in [0.4, 0.5) is 10.7 Å². The average Bonchev–Trinajstić information content (AvgIpc) is 3.45. The Kier molecular flexibility index (Phi) is 5.70. The van der Waals surface area contributed by atoms with Crippen LogP contribution in [0.3, 0.4) is 0 Å². The van der Waals surface area contributed by atoms with Gasteiger partial charge in [-0.2, -0.15) is 0 Å². The van der Waals surface area contributed by atoms with Crippen LogP contribution in [0.15, 0.2) is 79.1 Å². The van der Waals surface area contributed by atoms with E-state index in [9.17, 15) is 9.59 Å². The molecule has 3 N–H and O–H groups in total. The number of aromatic amines is 2. The molecule has 0 aliphatic heterocycles. The highest BCUT2D eigenvalue weighted by molar-refractivity contribution is 6.10. The number of nitrogens with one attached hydrogen (secondary N) is 3. The number of aromatic nitrogens is 4. The predicted molar refractivity (Wildman–Crippen MR) is 118 cm³/mol. The highest BCUT2D eigenvalue weighted by Gasteiger charge is 2.12. The lowest BCUT2D eigenvalue weighted by Gasteiger charge is -2.00. The number of fused-ring (bicyclic) bond motifs is 2. The first-order valence-electron chi connectivity index (χ1n) is 9.46. The Hall–Kier alpha value is -4.46. The maximum atomic E-state index is 12.4. The van der Waals surface area contributed by atoms with Gasteiger partial charge in [0.2, 0.25) is 5.95 Å². The van der Waals surface area contributed by atoms with Crippen molar-refractivity contribution in [2.75, 3.05) is 12.4 Å². The molecule has 0 fully saturated rings. The van der Waals surface area contributed by atoms with Gasteiger partial charge in [-0.1, -0.05) is 42.5 Å². The zero-order valence-electron chi connectivity index (χ0n) is 16.6. The van der Waals surface area contributed by atoms with Crippen LogP contribution in [0, 0.1) is 0 Å². The molecule has 0 radical (unpaired) electrons. The average molecular weight is 413 g/mol. The van der Waals surface area contributed by atoms with Crippen LogP contribution in [0.5, 0.6) is 0 Å². The second-order valence-electron chi connectivity index (χ2n) is 6.55. The molecule has 0 spiro atoms. The number of ether oxygens (including phenoxy) is 1. The van der Waals surface area contributed by atoms with E-state index in [0.717, 1.165) is 16.6 Å². The van der Waals surface area contributed by atoms with Gasteiger partial charge >= 0.3 is 6.09 Å². The number of benzene rings is 3. The normalized spacial score (nSPS) is 10.4. The molecule has 2 heterocycles. The Morgan fingerprint density at radius 2 is 1.65 bits per heavy atom. The molecular weight excluding hydrogens is 394 g/mol. The Morgan fingerprint density at radius 3 is 2.42 bits per heavy atom. The van der Waals surface area contributed by atoms with E-state index >= 15 is 0 Å². The van der Waals surface area contributed by atoms with Gasteiger partial charge in [0.1, 0.15) is 0 Å². The van der Waals surface area contributed by atoms with Crippen LogP contribution in [0.2, 0.25) is 0 Å². The monoisotopic (exact) mass is 413 g/mol. The van der Waals surface area contributed by atoms with Gasteiger partial charge in [0.15, 0.2) is 5.78 Å². The lowest BCUT2D eigenvalue weighted by atomic mass is 10.0. The minimum atomic E-state index is -0.611. The summed E-state index contributed by atoms with van der Waals surface area (Å²) in [5.74, 6) is 0.194. The number of anilines is 1. The Bertz CT molecular complexity index is 1310. The van der Waals surface area contributed by atoms with Crippen molar-refractivity contribution in [3.8, 4) is 0 Å². The highest BCUT2D eigenvalue weighted by atomic mass is 16.5. The van der Waals surface area contributed by atoms with E-state index in [-0.39, 0.29) is 11.7 Å². The summed E-state index contributed by atoms with van der Waals surface area (Å²) in [4.78, 5) is 37.8. The molecule has 0 unspecified atom stereocenters. The SMILES string of the molecule is COC(=O)Nc1nc2cc(C(=O)c3ccccc3)ccc2[nH]1.c1ccc2[nH]cnc2c1. The molecule has 3 aromatic carbocycles. The Balaban J connectivity index is 0.000000212. The van der Waals surface area contributed by atoms with Crippen LogP contribution < -0.4 is 5.32 Å². The summed E-state index contributed by atoms with van der Waals surface area (Å²) in [6.07, 6.45) is 1.09. The first-order valence-corrected chi connectivity index (χ1v) is 9.46. The highest BCUT2D eigenvalue weighted by Crippen LogP contribution is 2.18. The number of carbonyl (C=O) groups is 2. The number of para-hydroxylation sites is 2. The van der Waals surface area contributed by atoms with Gasteiger partial charge in [0, 0.05) is 11.1 Å². The van der Waals surface area contributed by atoms with Crippen LogP contribution >= 0.6 is 0 Å². The molecule has 154 valence electrons. The summed E-state index contributed by atoms with van der Waals surface area (Å²) in [5, 5.41) is 2.45. The number of ketones is 1. The molecule has 5 aromatic rings. The molecule has 0 aliphatic rings. The van der Waals surface area contributed by atoms with E-state index < -0.39 is 6.09 Å². The number of nitrogens with zero attached hydrogens (tertiary/aromatic N) is 2. The third-order valence-electron chi connectivity index (χ3n) is 4.51. The van der Waals surface area contributed by atoms with Crippen LogP contribution in [0.25, 0.3) is 22.1 Å². The summed E-state index contributed by atoms with van der Waals surface area (Å²) in [6, 6.07) is 22.1. The van der Waals surface area contributed by atoms with Crippen LogP contribution in [-0.2, 0) is 4.74 Å². The van der Waals surface area contributed by atoms with Crippen molar-refractivity contribution in [3.05, 3.63) is 90.3 Å². The summed E-state index contributed by atoms with van der Waals surface area (Å²) in [7, 11) is 1.27. The van der Waals surface area contributed by atoms with Crippen LogP contribution in [-0.4, -0.2) is 38.9 Å². The summed E-state index contributed by atoms with van der Waals surface area (Å²) in [5.41, 5.74) is 4.58. The lowest BCUT2D eigenvalue weighted by molar-refractivity contribution is 0.103. The second kappa shape index (κ2) is 8.91. The van der Waals surface area contributed by atoms with Crippen molar-refractivity contribution in [1.82, 2.24) is 19.9 Å². The minimum absolute atomic E-state index is 0.0759. The zero-order valence-corrected chi connectivity index (χ0v) is 16.6. The van der Waals surface area contributed by atoms with E-state index in [1.54, 1.807) is 36.7 Å². The first-order chi connectivity index (χ1) is 15.1. The second-order valence-corrected chi connectivity index (χ2v) is 6.55. The molecule has 0 aliphatic carbocycles. The summed E-state index contributed by atoms with van der Waals surface area (Å²) >= 11 is 0. The first kappa shape index (κ1) is 19.8. The molecule has 8 heteroatoms. The van der Waals surface area contributed by atoms with Gasteiger partial charge in [-0.25, -0.2) is 14.8 Å². The topological polar surface area (TPSA) is 113 Å². The van der Waals surface area contributed by atoms with E-state index in [4.69, 9.17) is 0 Å². The van der Waals surface area contributed by atoms with E-state index in [0.29, 0.717) is 16.6 Å². The van der Waals surface area contributed by atoms with E-state index in [1.807, 2.05) is 42.5 Å². The van der Waals surface area contributed by atoms with Crippen molar-refractivity contribution in [2.24, 2.45) is 0 Å². The summed E-state index contributed by atoms with van der Waals surface area (Å²) in [6.45, 7) is 0. The molecule has 0 bridgehead atoms. The molecule has 1 amide bonds. The fraction of sp³-hybridized carbons (Fsp3) is 0.0435. The fourth-order valence-corrected chi connectivity index (χ4v) is 2.99. The third kappa shape index (κ3) is 4.59. The maximum absolute atomic E-state index is 12.4. The smallest absolute Gasteiger partial charge is 0.413 e. The number of hydrogen-bond donors (Lipinski definition) is 3. The molecule has 2 aromatic heterocycles. The number of methoxy groups -OCH3 is 1. The van der Waals surface area contributed by atoms with Crippen molar-refractivity contribution in [2.45, 2.75) is 0 Å². The molecular formula is C23H19N5O3. The predicted octanol–water partition coefficient (Wildman–Crippen LogP) is 4.54. The van der Waals surface area contributed by atoms with Crippen molar-refractivity contribution < 1.29 is 14.3 Å². The molecule has 0 atom stereocenters. The van der Waals surface area contributed by atoms with Gasteiger partial charge < -0.3 is 14.7 Å². The van der Waals surface area contributed by atoms with E-state index in [2.05, 4.69) is 30.0 Å². The van der Waals surface area contributed by atoms with Gasteiger partial charge in [-0.15, -0.1) is 0 Å². The van der Waals surface area contributed by atoms with E-state index in [1.165, 1.54) is 7.11 Å². The van der Waals surface area contributed by atoms with Gasteiger partial charge in [-0.3, -0.25) is 10.1 Å². The zero-order chi connectivity index (χ0) is 21.6. The number of hydrogen-bond acceptors (Lipinski definition) is 5. The molecule has 0 saturated heterocycles.